The standard InChI is InChI=1S/C12H12F3NO2/c1-18-11(17)10-5-7-3-2-4-9(12(13,14)15)8(7)6-16-10/h2-4,10,16H,5-6H2,1H3. The molecular formula is C12H12F3NO2. The molecule has 98 valence electrons. The Hall–Kier alpha value is -1.56. The predicted molar refractivity (Wildman–Crippen MR) is 57.8 cm³/mol. The number of carbonyl (C=O) groups excluding carboxylic acids is 1. The molecule has 1 unspecified atom stereocenters. The maximum atomic E-state index is 12.8. The second-order valence-corrected chi connectivity index (χ2v) is 4.10. The van der Waals surface area contributed by atoms with E-state index in [-0.39, 0.29) is 18.5 Å². The van der Waals surface area contributed by atoms with Crippen molar-refractivity contribution >= 4 is 5.97 Å². The van der Waals surface area contributed by atoms with Gasteiger partial charge >= 0.3 is 12.1 Å². The quantitative estimate of drug-likeness (QED) is 0.783. The Labute approximate surface area is 102 Å². The number of ether oxygens (including phenoxy) is 1. The summed E-state index contributed by atoms with van der Waals surface area (Å²) in [5, 5.41) is 2.76. The zero-order valence-electron chi connectivity index (χ0n) is 9.67. The van der Waals surface area contributed by atoms with E-state index in [1.165, 1.54) is 13.2 Å². The van der Waals surface area contributed by atoms with Crippen LogP contribution in [0.5, 0.6) is 0 Å². The summed E-state index contributed by atoms with van der Waals surface area (Å²) in [5.74, 6) is -0.460. The molecule has 0 saturated heterocycles. The number of carbonyl (C=O) groups is 1. The normalized spacial score (nSPS) is 19.2. The van der Waals surface area contributed by atoms with Crippen LogP contribution in [0.2, 0.25) is 0 Å². The fourth-order valence-corrected chi connectivity index (χ4v) is 2.13. The van der Waals surface area contributed by atoms with Crippen LogP contribution in [0.4, 0.5) is 13.2 Å². The number of halogens is 3. The van der Waals surface area contributed by atoms with Crippen molar-refractivity contribution in [3.8, 4) is 0 Å². The van der Waals surface area contributed by atoms with Crippen LogP contribution in [0.3, 0.4) is 0 Å². The third kappa shape index (κ3) is 2.33. The second-order valence-electron chi connectivity index (χ2n) is 4.10. The van der Waals surface area contributed by atoms with Gasteiger partial charge in [-0.3, -0.25) is 10.1 Å². The van der Waals surface area contributed by atoms with E-state index in [1.54, 1.807) is 6.07 Å². The van der Waals surface area contributed by atoms with Crippen LogP contribution in [0.15, 0.2) is 18.2 Å². The highest BCUT2D eigenvalue weighted by Crippen LogP contribution is 2.34. The van der Waals surface area contributed by atoms with E-state index in [1.807, 2.05) is 0 Å². The third-order valence-electron chi connectivity index (χ3n) is 3.01. The van der Waals surface area contributed by atoms with Gasteiger partial charge in [0.1, 0.15) is 6.04 Å². The van der Waals surface area contributed by atoms with Crippen LogP contribution in [0, 0.1) is 0 Å². The lowest BCUT2D eigenvalue weighted by Gasteiger charge is -2.26. The summed E-state index contributed by atoms with van der Waals surface area (Å²) < 4.78 is 42.9. The Morgan fingerprint density at radius 2 is 2.17 bits per heavy atom. The number of esters is 1. The lowest BCUT2D eigenvalue weighted by molar-refractivity contribution is -0.143. The molecular weight excluding hydrogens is 247 g/mol. The average molecular weight is 259 g/mol. The Kier molecular flexibility index (Phi) is 3.30. The van der Waals surface area contributed by atoms with Gasteiger partial charge in [0.05, 0.1) is 12.7 Å². The summed E-state index contributed by atoms with van der Waals surface area (Å²) in [6, 6.07) is 3.45. The largest absolute Gasteiger partial charge is 0.468 e. The molecule has 1 atom stereocenters. The smallest absolute Gasteiger partial charge is 0.416 e. The first-order valence-corrected chi connectivity index (χ1v) is 5.42. The van der Waals surface area contributed by atoms with Gasteiger partial charge in [-0.2, -0.15) is 13.2 Å². The molecule has 1 aromatic rings. The highest BCUT2D eigenvalue weighted by atomic mass is 19.4. The topological polar surface area (TPSA) is 38.3 Å². The van der Waals surface area contributed by atoms with Gasteiger partial charge < -0.3 is 4.74 Å². The summed E-state index contributed by atoms with van der Waals surface area (Å²) in [5.41, 5.74) is 0.111. The van der Waals surface area contributed by atoms with E-state index < -0.39 is 23.8 Å². The SMILES string of the molecule is COC(=O)C1Cc2cccc(C(F)(F)F)c2CN1. The van der Waals surface area contributed by atoms with E-state index >= 15 is 0 Å². The molecule has 1 aliphatic rings. The zero-order chi connectivity index (χ0) is 13.3. The Morgan fingerprint density at radius 1 is 1.44 bits per heavy atom. The Bertz CT molecular complexity index is 471. The molecule has 1 N–H and O–H groups in total. The van der Waals surface area contributed by atoms with Crippen molar-refractivity contribution in [3.05, 3.63) is 34.9 Å². The molecule has 1 aromatic carbocycles. The van der Waals surface area contributed by atoms with E-state index in [2.05, 4.69) is 10.1 Å². The monoisotopic (exact) mass is 259 g/mol. The molecule has 2 rings (SSSR count). The fourth-order valence-electron chi connectivity index (χ4n) is 2.13. The molecule has 1 heterocycles. The summed E-state index contributed by atoms with van der Waals surface area (Å²) in [7, 11) is 1.26. The lowest BCUT2D eigenvalue weighted by Crippen LogP contribution is -2.43. The molecule has 0 saturated carbocycles. The number of alkyl halides is 3. The first-order chi connectivity index (χ1) is 8.43. The molecule has 0 bridgehead atoms. The number of nitrogens with one attached hydrogen (secondary N) is 1. The molecule has 0 fully saturated rings. The molecule has 0 radical (unpaired) electrons. The van der Waals surface area contributed by atoms with Gasteiger partial charge in [-0.05, 0) is 23.6 Å². The summed E-state index contributed by atoms with van der Waals surface area (Å²) >= 11 is 0. The fraction of sp³-hybridized carbons (Fsp3) is 0.417. The van der Waals surface area contributed by atoms with Gasteiger partial charge in [-0.15, -0.1) is 0 Å². The first kappa shape index (κ1) is 12.9. The molecule has 0 amide bonds. The molecule has 6 heteroatoms. The van der Waals surface area contributed by atoms with Crippen molar-refractivity contribution in [2.45, 2.75) is 25.2 Å². The molecule has 0 aromatic heterocycles. The number of benzene rings is 1. The number of hydrogen-bond acceptors (Lipinski definition) is 3. The second kappa shape index (κ2) is 4.61. The van der Waals surface area contributed by atoms with Crippen molar-refractivity contribution in [1.29, 1.82) is 0 Å². The van der Waals surface area contributed by atoms with Gasteiger partial charge in [0.15, 0.2) is 0 Å². The maximum Gasteiger partial charge on any atom is 0.416 e. The first-order valence-electron chi connectivity index (χ1n) is 5.42. The van der Waals surface area contributed by atoms with Crippen LogP contribution in [0.1, 0.15) is 16.7 Å². The molecule has 0 spiro atoms. The summed E-state index contributed by atoms with van der Waals surface area (Å²) in [6.07, 6.45) is -4.16. The Balaban J connectivity index is 2.33. The molecule has 1 aliphatic heterocycles. The van der Waals surface area contributed by atoms with Gasteiger partial charge in [0, 0.05) is 6.54 Å². The van der Waals surface area contributed by atoms with E-state index in [4.69, 9.17) is 0 Å². The van der Waals surface area contributed by atoms with Crippen LogP contribution in [0.25, 0.3) is 0 Å². The van der Waals surface area contributed by atoms with Crippen LogP contribution in [-0.4, -0.2) is 19.1 Å². The van der Waals surface area contributed by atoms with Crippen molar-refractivity contribution < 1.29 is 22.7 Å². The van der Waals surface area contributed by atoms with Crippen molar-refractivity contribution in [2.75, 3.05) is 7.11 Å². The van der Waals surface area contributed by atoms with Crippen LogP contribution >= 0.6 is 0 Å². The molecule has 0 aliphatic carbocycles. The van der Waals surface area contributed by atoms with E-state index in [9.17, 15) is 18.0 Å². The highest BCUT2D eigenvalue weighted by molar-refractivity contribution is 5.76. The van der Waals surface area contributed by atoms with Gasteiger partial charge in [-0.1, -0.05) is 12.1 Å². The van der Waals surface area contributed by atoms with Crippen molar-refractivity contribution in [3.63, 3.8) is 0 Å². The number of fused-ring (bicyclic) bond motifs is 1. The molecule has 18 heavy (non-hydrogen) atoms. The number of hydrogen-bond donors (Lipinski definition) is 1. The van der Waals surface area contributed by atoms with Crippen LogP contribution in [-0.2, 0) is 28.7 Å². The minimum absolute atomic E-state index is 0.0186. The molecule has 3 nitrogen and oxygen atoms in total. The van der Waals surface area contributed by atoms with E-state index in [0.717, 1.165) is 6.07 Å². The number of methoxy groups -OCH3 is 1. The zero-order valence-corrected chi connectivity index (χ0v) is 9.67. The minimum atomic E-state index is -4.37. The minimum Gasteiger partial charge on any atom is -0.468 e. The predicted octanol–water partition coefficient (Wildman–Crippen LogP) is 1.89. The van der Waals surface area contributed by atoms with Crippen LogP contribution < -0.4 is 5.32 Å². The number of rotatable bonds is 1. The Morgan fingerprint density at radius 3 is 2.78 bits per heavy atom. The summed E-state index contributed by atoms with van der Waals surface area (Å²) in [4.78, 5) is 11.4. The highest BCUT2D eigenvalue weighted by Gasteiger charge is 2.36. The summed E-state index contributed by atoms with van der Waals surface area (Å²) in [6.45, 7) is 0.0186. The van der Waals surface area contributed by atoms with Crippen molar-refractivity contribution in [1.82, 2.24) is 5.32 Å². The average Bonchev–Trinajstić information content (AvgIpc) is 2.35. The maximum absolute atomic E-state index is 12.8. The van der Waals surface area contributed by atoms with Crippen molar-refractivity contribution in [2.24, 2.45) is 0 Å². The van der Waals surface area contributed by atoms with E-state index in [0.29, 0.717) is 5.56 Å². The van der Waals surface area contributed by atoms with Gasteiger partial charge in [0.2, 0.25) is 0 Å². The van der Waals surface area contributed by atoms with Gasteiger partial charge in [0.25, 0.3) is 0 Å². The lowest BCUT2D eigenvalue weighted by atomic mass is 9.92. The third-order valence-corrected chi connectivity index (χ3v) is 3.01. The van der Waals surface area contributed by atoms with Gasteiger partial charge in [-0.25, -0.2) is 0 Å².